The van der Waals surface area contributed by atoms with Crippen molar-refractivity contribution in [1.29, 1.82) is 0 Å². The van der Waals surface area contributed by atoms with Gasteiger partial charge in [-0.25, -0.2) is 0 Å². The first-order valence-corrected chi connectivity index (χ1v) is 27.3. The maximum absolute atomic E-state index is 12.2. The number of unbranched alkanes of at least 4 members (excludes halogenated alkanes) is 4. The summed E-state index contributed by atoms with van der Waals surface area (Å²) in [5, 5.41) is 10.9. The molecule has 0 saturated carbocycles. The van der Waals surface area contributed by atoms with E-state index in [0.29, 0.717) is 31.7 Å². The van der Waals surface area contributed by atoms with Gasteiger partial charge in [-0.15, -0.1) is 0 Å². The predicted octanol–water partition coefficient (Wildman–Crippen LogP) is 10.7. The van der Waals surface area contributed by atoms with E-state index in [4.69, 9.17) is 0 Å². The molecule has 0 radical (unpaired) electrons. The first-order chi connectivity index (χ1) is 33.0. The number of hydrogen-bond donors (Lipinski definition) is 4. The van der Waals surface area contributed by atoms with Crippen molar-refractivity contribution in [2.75, 3.05) is 13.1 Å². The average molecular weight is 1010 g/mol. The Bertz CT molecular complexity index is 1520. The normalized spacial score (nSPS) is 13.1. The molecule has 0 fully saturated rings. The zero-order valence-electron chi connectivity index (χ0n) is 48.9. The van der Waals surface area contributed by atoms with E-state index in [2.05, 4.69) is 42.0 Å². The van der Waals surface area contributed by atoms with E-state index in [1.54, 1.807) is 55.4 Å². The number of ketones is 6. The largest absolute Gasteiger partial charge is 0.356 e. The Labute approximate surface area is 433 Å². The monoisotopic (exact) mass is 1010 g/mol. The van der Waals surface area contributed by atoms with Crippen molar-refractivity contribution in [2.24, 2.45) is 47.3 Å². The van der Waals surface area contributed by atoms with Crippen molar-refractivity contribution in [3.63, 3.8) is 0 Å². The van der Waals surface area contributed by atoms with Crippen LogP contribution in [0.5, 0.6) is 0 Å². The number of amides is 4. The number of nitrogens with one attached hydrogen (secondary N) is 4. The van der Waals surface area contributed by atoms with Crippen molar-refractivity contribution in [2.45, 2.75) is 247 Å². The van der Waals surface area contributed by atoms with Gasteiger partial charge in [0, 0.05) is 99.0 Å². The van der Waals surface area contributed by atoms with Gasteiger partial charge in [0.05, 0.1) is 12.1 Å². The molecule has 4 amide bonds. The van der Waals surface area contributed by atoms with E-state index >= 15 is 0 Å². The zero-order chi connectivity index (χ0) is 56.4. The Morgan fingerprint density at radius 3 is 0.803 bits per heavy atom. The molecule has 0 bridgehead atoms. The van der Waals surface area contributed by atoms with Crippen LogP contribution in [0.1, 0.15) is 235 Å². The van der Waals surface area contributed by atoms with Gasteiger partial charge in [0.15, 0.2) is 11.6 Å². The summed E-state index contributed by atoms with van der Waals surface area (Å²) >= 11 is 0. The molecule has 4 N–H and O–H groups in total. The Balaban J connectivity index is -0.000000276. The average Bonchev–Trinajstić information content (AvgIpc) is 3.31. The van der Waals surface area contributed by atoms with Gasteiger partial charge in [-0.1, -0.05) is 157 Å². The summed E-state index contributed by atoms with van der Waals surface area (Å²) in [4.78, 5) is 117. The SMILES string of the molecule is CCCCC.CCCCC(=O)C(C)C.CCCCC(=O)[C@H](C)NC(=O)[C@H](C)CC(=O)C(C)C.CCCNC(=O)[C@H](C)CC(=O)C(C)C.CCCNC(=O)[C@H](C)CC(=O)[C@H](C)NC(=O)[C@H](C)CC(=O)C(C)C. The molecule has 14 heteroatoms. The fourth-order valence-corrected chi connectivity index (χ4v) is 5.74. The Morgan fingerprint density at radius 2 is 0.549 bits per heavy atom. The molecule has 0 saturated heterocycles. The maximum atomic E-state index is 12.2. The van der Waals surface area contributed by atoms with Crippen LogP contribution < -0.4 is 21.3 Å². The second-order valence-electron chi connectivity index (χ2n) is 20.4. The highest BCUT2D eigenvalue weighted by Gasteiger charge is 2.26. The van der Waals surface area contributed by atoms with Crippen LogP contribution in [0.4, 0.5) is 0 Å². The van der Waals surface area contributed by atoms with Crippen LogP contribution in [-0.2, 0) is 47.9 Å². The van der Waals surface area contributed by atoms with E-state index in [1.807, 2.05) is 62.3 Å². The highest BCUT2D eigenvalue weighted by Crippen LogP contribution is 2.12. The quantitative estimate of drug-likeness (QED) is 0.0499. The molecule has 71 heavy (non-hydrogen) atoms. The lowest BCUT2D eigenvalue weighted by atomic mass is 9.96. The van der Waals surface area contributed by atoms with E-state index in [1.165, 1.54) is 19.3 Å². The number of Topliss-reactive ketones (excluding diaryl/α,β-unsaturated/α-hetero) is 6. The predicted molar refractivity (Wildman–Crippen MR) is 291 cm³/mol. The standard InChI is InChI=1S/C18H32N2O4.C15H27NO3.C11H21NO2.C8H16O.C5H12/c1-7-8-19-17(23)12(4)10-16(22)14(6)20-18(24)13(5)9-15(21)11(2)3;1-6-7-8-13(17)12(5)16-15(19)11(4)9-14(18)10(2)3;1-5-6-12-11(14)9(4)7-10(13)8(2)3;1-4-5-6-8(9)7(2)3;1-3-5-4-2/h11-14H,7-10H2,1-6H3,(H,19,23)(H,20,24);10-12H,6-9H2,1-5H3,(H,16,19);8-9H,5-7H2,1-4H3,(H,12,14);7H,4-6H2,1-3H3;3-5H2,1-2H3/t12-,13-,14+;11-,12+;9-;;/m111../s1. The molecule has 0 unspecified atom stereocenters. The van der Waals surface area contributed by atoms with Crippen molar-refractivity contribution >= 4 is 58.3 Å². The summed E-state index contributed by atoms with van der Waals surface area (Å²) in [5.41, 5.74) is 0. The first-order valence-electron chi connectivity index (χ1n) is 27.3. The molecule has 0 aliphatic carbocycles. The lowest BCUT2D eigenvalue weighted by Crippen LogP contribution is -2.43. The summed E-state index contributed by atoms with van der Waals surface area (Å²) < 4.78 is 0. The number of carbonyl (C=O) groups excluding carboxylic acids is 10. The number of rotatable bonds is 32. The minimum Gasteiger partial charge on any atom is -0.356 e. The van der Waals surface area contributed by atoms with Gasteiger partial charge >= 0.3 is 0 Å². The molecule has 0 aliphatic heterocycles. The van der Waals surface area contributed by atoms with Crippen molar-refractivity contribution < 1.29 is 47.9 Å². The second kappa shape index (κ2) is 46.9. The molecule has 0 aromatic heterocycles. The van der Waals surface area contributed by atoms with Gasteiger partial charge in [-0.2, -0.15) is 0 Å². The molecular formula is C57H108N4O10. The van der Waals surface area contributed by atoms with Crippen molar-refractivity contribution in [1.82, 2.24) is 21.3 Å². The summed E-state index contributed by atoms with van der Waals surface area (Å²) in [5.74, 6) is -1.56. The van der Waals surface area contributed by atoms with Crippen LogP contribution in [0.2, 0.25) is 0 Å². The van der Waals surface area contributed by atoms with Crippen LogP contribution in [0.25, 0.3) is 0 Å². The third kappa shape index (κ3) is 44.3. The lowest BCUT2D eigenvalue weighted by molar-refractivity contribution is -0.133. The van der Waals surface area contributed by atoms with Crippen LogP contribution in [0.3, 0.4) is 0 Å². The Kier molecular flexibility index (Phi) is 50.1. The molecule has 0 spiro atoms. The van der Waals surface area contributed by atoms with Crippen molar-refractivity contribution in [3.05, 3.63) is 0 Å². The van der Waals surface area contributed by atoms with Crippen LogP contribution in [-0.4, -0.2) is 83.5 Å². The molecular weight excluding hydrogens is 901 g/mol. The smallest absolute Gasteiger partial charge is 0.223 e. The van der Waals surface area contributed by atoms with Crippen LogP contribution >= 0.6 is 0 Å². The van der Waals surface area contributed by atoms with Crippen molar-refractivity contribution in [3.8, 4) is 0 Å². The Morgan fingerprint density at radius 1 is 0.296 bits per heavy atom. The summed E-state index contributed by atoms with van der Waals surface area (Å²) in [6.07, 6.45) is 11.9. The van der Waals surface area contributed by atoms with Crippen LogP contribution in [0, 0.1) is 47.3 Å². The third-order valence-electron chi connectivity index (χ3n) is 11.4. The highest BCUT2D eigenvalue weighted by molar-refractivity contribution is 5.94. The molecule has 0 aliphatic rings. The minimum absolute atomic E-state index is 0.0131. The summed E-state index contributed by atoms with van der Waals surface area (Å²) in [7, 11) is 0. The molecule has 0 heterocycles. The third-order valence-corrected chi connectivity index (χ3v) is 11.4. The van der Waals surface area contributed by atoms with E-state index in [9.17, 15) is 47.9 Å². The number of hydrogen-bond acceptors (Lipinski definition) is 10. The summed E-state index contributed by atoms with van der Waals surface area (Å²) in [6.45, 7) is 38.9. The molecule has 0 aromatic carbocycles. The molecule has 6 atom stereocenters. The fourth-order valence-electron chi connectivity index (χ4n) is 5.74. The van der Waals surface area contributed by atoms with Gasteiger partial charge in [0.25, 0.3) is 0 Å². The summed E-state index contributed by atoms with van der Waals surface area (Å²) in [6, 6.07) is -1.13. The van der Waals surface area contributed by atoms with E-state index in [0.717, 1.165) is 44.9 Å². The minimum atomic E-state index is -0.671. The van der Waals surface area contributed by atoms with Gasteiger partial charge in [-0.05, 0) is 39.5 Å². The highest BCUT2D eigenvalue weighted by atomic mass is 16.2. The first kappa shape index (κ1) is 75.8. The van der Waals surface area contributed by atoms with Gasteiger partial charge in [-0.3, -0.25) is 47.9 Å². The molecule has 0 aromatic rings. The zero-order valence-corrected chi connectivity index (χ0v) is 48.9. The van der Waals surface area contributed by atoms with Gasteiger partial charge in [0.1, 0.15) is 23.1 Å². The lowest BCUT2D eigenvalue weighted by Gasteiger charge is -2.18. The van der Waals surface area contributed by atoms with Gasteiger partial charge < -0.3 is 21.3 Å². The van der Waals surface area contributed by atoms with E-state index < -0.39 is 23.9 Å². The Hall–Kier alpha value is -4.10. The fraction of sp³-hybridized carbons (Fsp3) is 0.825. The number of carbonyl (C=O) groups is 10. The molecule has 14 nitrogen and oxygen atoms in total. The topological polar surface area (TPSA) is 219 Å². The van der Waals surface area contributed by atoms with E-state index in [-0.39, 0.29) is 107 Å². The van der Waals surface area contributed by atoms with Gasteiger partial charge in [0.2, 0.25) is 23.6 Å². The molecule has 416 valence electrons. The van der Waals surface area contributed by atoms with Crippen LogP contribution in [0.15, 0.2) is 0 Å². The molecule has 0 rings (SSSR count). The maximum Gasteiger partial charge on any atom is 0.223 e. The second-order valence-corrected chi connectivity index (χ2v) is 20.4.